The largest absolute Gasteiger partial charge is 0.494 e. The number of esters is 1. The van der Waals surface area contributed by atoms with Gasteiger partial charge in [0, 0.05) is 24.2 Å². The van der Waals surface area contributed by atoms with Gasteiger partial charge in [0.05, 0.1) is 25.7 Å². The zero-order valence-corrected chi connectivity index (χ0v) is 16.1. The van der Waals surface area contributed by atoms with Crippen LogP contribution in [0.3, 0.4) is 0 Å². The average Bonchev–Trinajstić information content (AvgIpc) is 3.44. The van der Waals surface area contributed by atoms with Gasteiger partial charge in [-0.15, -0.1) is 0 Å². The predicted octanol–water partition coefficient (Wildman–Crippen LogP) is 3.29. The lowest BCUT2D eigenvalue weighted by atomic mass is 10.1. The summed E-state index contributed by atoms with van der Waals surface area (Å²) in [5.74, 6) is 0.475. The number of nitrogens with zero attached hydrogens (tertiary/aromatic N) is 1. The monoisotopic (exact) mass is 363 g/mol. The molecule has 1 saturated carbocycles. The summed E-state index contributed by atoms with van der Waals surface area (Å²) in [5.41, 5.74) is 0.516. The van der Waals surface area contributed by atoms with Crippen LogP contribution in [-0.4, -0.2) is 49.2 Å². The minimum Gasteiger partial charge on any atom is -0.494 e. The van der Waals surface area contributed by atoms with Crippen molar-refractivity contribution in [1.29, 1.82) is 0 Å². The van der Waals surface area contributed by atoms with Crippen molar-refractivity contribution in [3.8, 4) is 11.5 Å². The standard InChI is InChI=1S/C20H29NO5/c1-5-24-17-10-15(11-18(12-17)25-6-2)19(22)21(16-8-9-16)13-14(4)20(23)26-7-3/h10-12,14,16H,5-9,13H2,1-4H3. The summed E-state index contributed by atoms with van der Waals surface area (Å²) in [4.78, 5) is 26.9. The van der Waals surface area contributed by atoms with E-state index in [4.69, 9.17) is 14.2 Å². The van der Waals surface area contributed by atoms with Crippen molar-refractivity contribution in [1.82, 2.24) is 4.90 Å². The number of rotatable bonds is 10. The average molecular weight is 363 g/mol. The Morgan fingerprint density at radius 3 is 2.08 bits per heavy atom. The molecule has 1 aliphatic rings. The molecule has 1 atom stereocenters. The highest BCUT2D eigenvalue weighted by Gasteiger charge is 2.35. The Bertz CT molecular complexity index is 602. The molecule has 1 fully saturated rings. The van der Waals surface area contributed by atoms with Crippen LogP contribution in [0.4, 0.5) is 0 Å². The summed E-state index contributed by atoms with van der Waals surface area (Å²) >= 11 is 0. The summed E-state index contributed by atoms with van der Waals surface area (Å²) < 4.78 is 16.2. The maximum Gasteiger partial charge on any atom is 0.310 e. The van der Waals surface area contributed by atoms with Gasteiger partial charge in [0.1, 0.15) is 11.5 Å². The highest BCUT2D eigenvalue weighted by atomic mass is 16.5. The molecule has 0 aliphatic heterocycles. The van der Waals surface area contributed by atoms with Crippen molar-refractivity contribution < 1.29 is 23.8 Å². The van der Waals surface area contributed by atoms with Gasteiger partial charge in [-0.05, 0) is 45.7 Å². The number of hydrogen-bond donors (Lipinski definition) is 0. The molecule has 26 heavy (non-hydrogen) atoms. The van der Waals surface area contributed by atoms with Crippen molar-refractivity contribution in [3.63, 3.8) is 0 Å². The first-order valence-electron chi connectivity index (χ1n) is 9.38. The molecular formula is C20H29NO5. The second kappa shape index (κ2) is 9.46. The van der Waals surface area contributed by atoms with Gasteiger partial charge in [-0.3, -0.25) is 9.59 Å². The van der Waals surface area contributed by atoms with E-state index in [1.165, 1.54) is 0 Å². The molecule has 2 rings (SSSR count). The van der Waals surface area contributed by atoms with Gasteiger partial charge in [-0.2, -0.15) is 0 Å². The summed E-state index contributed by atoms with van der Waals surface area (Å²) in [6.45, 7) is 9.08. The van der Waals surface area contributed by atoms with Crippen LogP contribution in [0.1, 0.15) is 50.9 Å². The van der Waals surface area contributed by atoms with Crippen LogP contribution in [0, 0.1) is 5.92 Å². The van der Waals surface area contributed by atoms with E-state index < -0.39 is 0 Å². The molecule has 0 saturated heterocycles. The lowest BCUT2D eigenvalue weighted by Gasteiger charge is -2.25. The number of carbonyl (C=O) groups is 2. The smallest absolute Gasteiger partial charge is 0.310 e. The van der Waals surface area contributed by atoms with E-state index in [-0.39, 0.29) is 23.8 Å². The lowest BCUT2D eigenvalue weighted by molar-refractivity contribution is -0.147. The third-order valence-corrected chi connectivity index (χ3v) is 4.16. The first kappa shape index (κ1) is 20.1. The minimum absolute atomic E-state index is 0.105. The second-order valence-electron chi connectivity index (χ2n) is 6.40. The zero-order chi connectivity index (χ0) is 19.1. The number of carbonyl (C=O) groups excluding carboxylic acids is 2. The SMILES string of the molecule is CCOC(=O)C(C)CN(C(=O)c1cc(OCC)cc(OCC)c1)C1CC1. The van der Waals surface area contributed by atoms with E-state index >= 15 is 0 Å². The van der Waals surface area contributed by atoms with Gasteiger partial charge in [-0.25, -0.2) is 0 Å². The van der Waals surface area contributed by atoms with Crippen LogP contribution in [0.15, 0.2) is 18.2 Å². The van der Waals surface area contributed by atoms with Crippen LogP contribution in [0.25, 0.3) is 0 Å². The third kappa shape index (κ3) is 5.38. The maximum atomic E-state index is 13.1. The topological polar surface area (TPSA) is 65.1 Å². The molecule has 0 radical (unpaired) electrons. The summed E-state index contributed by atoms with van der Waals surface area (Å²) in [6.07, 6.45) is 1.93. The first-order chi connectivity index (χ1) is 12.5. The Morgan fingerprint density at radius 1 is 1.04 bits per heavy atom. The fourth-order valence-corrected chi connectivity index (χ4v) is 2.80. The Labute approximate surface area is 155 Å². The Morgan fingerprint density at radius 2 is 1.62 bits per heavy atom. The molecule has 0 N–H and O–H groups in total. The molecule has 6 nitrogen and oxygen atoms in total. The number of amides is 1. The minimum atomic E-state index is -0.360. The molecular weight excluding hydrogens is 334 g/mol. The molecule has 1 aromatic carbocycles. The second-order valence-corrected chi connectivity index (χ2v) is 6.40. The first-order valence-corrected chi connectivity index (χ1v) is 9.38. The molecule has 1 amide bonds. The normalized spacial score (nSPS) is 14.5. The van der Waals surface area contributed by atoms with E-state index in [9.17, 15) is 9.59 Å². The van der Waals surface area contributed by atoms with Crippen LogP contribution in [-0.2, 0) is 9.53 Å². The van der Waals surface area contributed by atoms with Gasteiger partial charge in [-0.1, -0.05) is 6.92 Å². The molecule has 0 bridgehead atoms. The van der Waals surface area contributed by atoms with Gasteiger partial charge in [0.15, 0.2) is 0 Å². The van der Waals surface area contributed by atoms with Crippen molar-refractivity contribution in [2.24, 2.45) is 5.92 Å². The van der Waals surface area contributed by atoms with Gasteiger partial charge >= 0.3 is 5.97 Å². The highest BCUT2D eigenvalue weighted by molar-refractivity contribution is 5.95. The van der Waals surface area contributed by atoms with E-state index in [1.54, 1.807) is 36.9 Å². The number of ether oxygens (including phenoxy) is 3. The molecule has 0 spiro atoms. The molecule has 1 aliphatic carbocycles. The van der Waals surface area contributed by atoms with E-state index in [0.717, 1.165) is 12.8 Å². The Kier molecular flexibility index (Phi) is 7.30. The molecule has 0 heterocycles. The van der Waals surface area contributed by atoms with Crippen molar-refractivity contribution in [2.45, 2.75) is 46.6 Å². The summed E-state index contributed by atoms with van der Waals surface area (Å²) in [6, 6.07) is 5.44. The molecule has 1 unspecified atom stereocenters. The predicted molar refractivity (Wildman–Crippen MR) is 98.6 cm³/mol. The van der Waals surface area contributed by atoms with Crippen LogP contribution >= 0.6 is 0 Å². The lowest BCUT2D eigenvalue weighted by Crippen LogP contribution is -2.39. The van der Waals surface area contributed by atoms with E-state index in [0.29, 0.717) is 43.4 Å². The highest BCUT2D eigenvalue weighted by Crippen LogP contribution is 2.31. The quantitative estimate of drug-likeness (QED) is 0.597. The fraction of sp³-hybridized carbons (Fsp3) is 0.600. The zero-order valence-electron chi connectivity index (χ0n) is 16.1. The van der Waals surface area contributed by atoms with Crippen LogP contribution in [0.2, 0.25) is 0 Å². The molecule has 144 valence electrons. The molecule has 6 heteroatoms. The Hall–Kier alpha value is -2.24. The van der Waals surface area contributed by atoms with E-state index in [1.807, 2.05) is 13.8 Å². The maximum absolute atomic E-state index is 13.1. The Balaban J connectivity index is 2.21. The van der Waals surface area contributed by atoms with Crippen molar-refractivity contribution in [3.05, 3.63) is 23.8 Å². The summed E-state index contributed by atoms with van der Waals surface area (Å²) in [7, 11) is 0. The van der Waals surface area contributed by atoms with Gasteiger partial charge in [0.2, 0.25) is 0 Å². The van der Waals surface area contributed by atoms with Gasteiger partial charge < -0.3 is 19.1 Å². The third-order valence-electron chi connectivity index (χ3n) is 4.16. The molecule has 0 aromatic heterocycles. The molecule has 1 aromatic rings. The summed E-state index contributed by atoms with van der Waals surface area (Å²) in [5, 5.41) is 0. The van der Waals surface area contributed by atoms with Crippen LogP contribution < -0.4 is 9.47 Å². The fourth-order valence-electron chi connectivity index (χ4n) is 2.80. The number of hydrogen-bond acceptors (Lipinski definition) is 5. The van der Waals surface area contributed by atoms with Gasteiger partial charge in [0.25, 0.3) is 5.91 Å². The van der Waals surface area contributed by atoms with Crippen LogP contribution in [0.5, 0.6) is 11.5 Å². The van der Waals surface area contributed by atoms with E-state index in [2.05, 4.69) is 0 Å². The van der Waals surface area contributed by atoms with Crippen molar-refractivity contribution >= 4 is 11.9 Å². The van der Waals surface area contributed by atoms with Crippen molar-refractivity contribution in [2.75, 3.05) is 26.4 Å². The number of benzene rings is 1.